The molecule has 1 saturated heterocycles. The van der Waals surface area contributed by atoms with E-state index in [1.807, 2.05) is 11.8 Å². The Morgan fingerprint density at radius 3 is 2.61 bits per heavy atom. The Hall–Kier alpha value is -2.14. The maximum atomic E-state index is 12.6. The molecule has 0 spiro atoms. The number of carbonyl (C=O) groups excluding carboxylic acids is 2. The number of aryl methyl sites for hydroxylation is 2. The lowest BCUT2D eigenvalue weighted by Crippen LogP contribution is -2.53. The number of amides is 2. The molecule has 5 nitrogen and oxygen atoms in total. The largest absolute Gasteiger partial charge is 0.377 e. The van der Waals surface area contributed by atoms with Crippen molar-refractivity contribution in [1.82, 2.24) is 10.2 Å². The maximum Gasteiger partial charge on any atom is 0.246 e. The molecular formula is C23H32N2O3. The molecule has 0 bridgehead atoms. The Kier molecular flexibility index (Phi) is 7.26. The number of rotatable bonds is 8. The van der Waals surface area contributed by atoms with Gasteiger partial charge in [0.15, 0.2) is 0 Å². The number of nitrogens with zero attached hydrogens (tertiary/aromatic N) is 1. The zero-order chi connectivity index (χ0) is 19.9. The fourth-order valence-corrected chi connectivity index (χ4v) is 3.57. The third-order valence-corrected chi connectivity index (χ3v) is 5.69. The van der Waals surface area contributed by atoms with E-state index in [1.165, 1.54) is 29.5 Å². The topological polar surface area (TPSA) is 58.6 Å². The molecule has 1 atom stereocenters. The number of ether oxygens (including phenoxy) is 1. The summed E-state index contributed by atoms with van der Waals surface area (Å²) in [5.41, 5.74) is 3.65. The molecule has 0 aromatic heterocycles. The molecule has 1 aliphatic carbocycles. The molecule has 1 unspecified atom stereocenters. The number of carbonyl (C=O) groups is 2. The van der Waals surface area contributed by atoms with Gasteiger partial charge in [-0.05, 0) is 49.7 Å². The first kappa shape index (κ1) is 20.6. The van der Waals surface area contributed by atoms with Gasteiger partial charge in [-0.3, -0.25) is 9.59 Å². The third-order valence-electron chi connectivity index (χ3n) is 5.69. The van der Waals surface area contributed by atoms with Crippen LogP contribution >= 0.6 is 0 Å². The van der Waals surface area contributed by atoms with E-state index >= 15 is 0 Å². The molecular weight excluding hydrogens is 352 g/mol. The van der Waals surface area contributed by atoms with Gasteiger partial charge in [0.2, 0.25) is 11.8 Å². The van der Waals surface area contributed by atoms with Crippen molar-refractivity contribution >= 4 is 11.8 Å². The number of benzene rings is 1. The van der Waals surface area contributed by atoms with Crippen LogP contribution in [-0.4, -0.2) is 49.1 Å². The first-order chi connectivity index (χ1) is 13.6. The lowest BCUT2D eigenvalue weighted by Gasteiger charge is -2.35. The van der Waals surface area contributed by atoms with E-state index in [2.05, 4.69) is 36.5 Å². The first-order valence-electron chi connectivity index (χ1n) is 10.5. The van der Waals surface area contributed by atoms with Gasteiger partial charge in [0.1, 0.15) is 0 Å². The molecule has 1 saturated carbocycles. The minimum absolute atomic E-state index is 0.0160. The van der Waals surface area contributed by atoms with Gasteiger partial charge >= 0.3 is 0 Å². The summed E-state index contributed by atoms with van der Waals surface area (Å²) < 4.78 is 5.54. The van der Waals surface area contributed by atoms with Crippen LogP contribution in [0.2, 0.25) is 0 Å². The fraction of sp³-hybridized carbons (Fsp3) is 0.565. The van der Waals surface area contributed by atoms with E-state index in [9.17, 15) is 9.59 Å². The van der Waals surface area contributed by atoms with Crippen molar-refractivity contribution in [3.8, 4) is 0 Å². The SMILES string of the molecule is CCc1ccc(CCC(=O)NCC2COCCN2C(=O)/C=C(\C)C2CC2)cc1. The number of allylic oxidation sites excluding steroid dienone is 1. The van der Waals surface area contributed by atoms with Crippen LogP contribution in [0.25, 0.3) is 0 Å². The van der Waals surface area contributed by atoms with Crippen LogP contribution in [0.5, 0.6) is 0 Å². The zero-order valence-corrected chi connectivity index (χ0v) is 17.1. The third kappa shape index (κ3) is 5.93. The smallest absolute Gasteiger partial charge is 0.246 e. The second kappa shape index (κ2) is 9.87. The van der Waals surface area contributed by atoms with Crippen LogP contribution in [-0.2, 0) is 27.2 Å². The Morgan fingerprint density at radius 1 is 1.21 bits per heavy atom. The second-order valence-electron chi connectivity index (χ2n) is 7.90. The highest BCUT2D eigenvalue weighted by atomic mass is 16.5. The zero-order valence-electron chi connectivity index (χ0n) is 17.1. The van der Waals surface area contributed by atoms with Crippen molar-refractivity contribution < 1.29 is 14.3 Å². The maximum absolute atomic E-state index is 12.6. The monoisotopic (exact) mass is 384 g/mol. The number of nitrogens with one attached hydrogen (secondary N) is 1. The number of hydrogen-bond donors (Lipinski definition) is 1. The van der Waals surface area contributed by atoms with Crippen LogP contribution in [0.4, 0.5) is 0 Å². The molecule has 1 heterocycles. The Bertz CT molecular complexity index is 707. The van der Waals surface area contributed by atoms with E-state index in [1.54, 1.807) is 6.08 Å². The van der Waals surface area contributed by atoms with Crippen LogP contribution < -0.4 is 5.32 Å². The van der Waals surface area contributed by atoms with Crippen LogP contribution in [0, 0.1) is 5.92 Å². The summed E-state index contributed by atoms with van der Waals surface area (Å²) in [6, 6.07) is 8.32. The van der Waals surface area contributed by atoms with Gasteiger partial charge in [-0.2, -0.15) is 0 Å². The summed E-state index contributed by atoms with van der Waals surface area (Å²) in [5, 5.41) is 2.98. The molecule has 1 aromatic rings. The molecule has 152 valence electrons. The minimum Gasteiger partial charge on any atom is -0.377 e. The normalized spacial score (nSPS) is 20.1. The Morgan fingerprint density at radius 2 is 1.93 bits per heavy atom. The van der Waals surface area contributed by atoms with E-state index in [0.29, 0.717) is 38.6 Å². The van der Waals surface area contributed by atoms with Crippen LogP contribution in [0.1, 0.15) is 44.2 Å². The van der Waals surface area contributed by atoms with Crippen molar-refractivity contribution in [2.45, 2.75) is 52.0 Å². The molecule has 2 amide bonds. The molecule has 1 aromatic carbocycles. The highest BCUT2D eigenvalue weighted by molar-refractivity contribution is 5.88. The standard InChI is InChI=1S/C23H32N2O3/c1-3-18-4-6-19(7-5-18)8-11-22(26)24-15-21-16-28-13-12-25(21)23(27)14-17(2)20-9-10-20/h4-7,14,20-21H,3,8-13,15-16H2,1-2H3,(H,24,26)/b17-14+. The summed E-state index contributed by atoms with van der Waals surface area (Å²) in [6.07, 6.45) is 6.36. The molecule has 2 fully saturated rings. The summed E-state index contributed by atoms with van der Waals surface area (Å²) in [6.45, 7) is 6.22. The lowest BCUT2D eigenvalue weighted by atomic mass is 10.1. The van der Waals surface area contributed by atoms with Crippen LogP contribution in [0.3, 0.4) is 0 Å². The molecule has 3 rings (SSSR count). The molecule has 0 radical (unpaired) electrons. The van der Waals surface area contributed by atoms with E-state index < -0.39 is 0 Å². The molecule has 2 aliphatic rings. The van der Waals surface area contributed by atoms with Crippen molar-refractivity contribution in [3.63, 3.8) is 0 Å². The minimum atomic E-state index is -0.0997. The first-order valence-corrected chi connectivity index (χ1v) is 10.5. The van der Waals surface area contributed by atoms with Gasteiger partial charge in [0.25, 0.3) is 0 Å². The Labute approximate surface area is 168 Å². The van der Waals surface area contributed by atoms with Gasteiger partial charge in [-0.15, -0.1) is 0 Å². The molecule has 1 aliphatic heterocycles. The number of morpholine rings is 1. The highest BCUT2D eigenvalue weighted by Gasteiger charge is 2.28. The van der Waals surface area contributed by atoms with Gasteiger partial charge < -0.3 is 15.0 Å². The van der Waals surface area contributed by atoms with Crippen LogP contribution in [0.15, 0.2) is 35.9 Å². The van der Waals surface area contributed by atoms with Crippen molar-refractivity contribution in [2.24, 2.45) is 5.92 Å². The summed E-state index contributed by atoms with van der Waals surface area (Å²) in [5.74, 6) is 0.653. The fourth-order valence-electron chi connectivity index (χ4n) is 3.57. The highest BCUT2D eigenvalue weighted by Crippen LogP contribution is 2.36. The summed E-state index contributed by atoms with van der Waals surface area (Å²) in [7, 11) is 0. The molecule has 1 N–H and O–H groups in total. The average Bonchev–Trinajstić information content (AvgIpc) is 3.56. The quantitative estimate of drug-likeness (QED) is 0.701. The second-order valence-corrected chi connectivity index (χ2v) is 7.90. The Balaban J connectivity index is 1.46. The van der Waals surface area contributed by atoms with Gasteiger partial charge in [0.05, 0.1) is 19.3 Å². The summed E-state index contributed by atoms with van der Waals surface area (Å²) >= 11 is 0. The van der Waals surface area contributed by atoms with Gasteiger partial charge in [-0.25, -0.2) is 0 Å². The molecule has 5 heteroatoms. The van der Waals surface area contributed by atoms with Crippen molar-refractivity contribution in [3.05, 3.63) is 47.0 Å². The van der Waals surface area contributed by atoms with E-state index in [0.717, 1.165) is 12.8 Å². The van der Waals surface area contributed by atoms with Crippen molar-refractivity contribution in [2.75, 3.05) is 26.3 Å². The van der Waals surface area contributed by atoms with E-state index in [-0.39, 0.29) is 17.9 Å². The number of hydrogen-bond acceptors (Lipinski definition) is 3. The van der Waals surface area contributed by atoms with Gasteiger partial charge in [0, 0.05) is 25.6 Å². The predicted molar refractivity (Wildman–Crippen MR) is 110 cm³/mol. The average molecular weight is 385 g/mol. The van der Waals surface area contributed by atoms with Gasteiger partial charge in [-0.1, -0.05) is 36.8 Å². The molecule has 28 heavy (non-hydrogen) atoms. The van der Waals surface area contributed by atoms with Crippen molar-refractivity contribution in [1.29, 1.82) is 0 Å². The lowest BCUT2D eigenvalue weighted by molar-refractivity contribution is -0.135. The van der Waals surface area contributed by atoms with E-state index in [4.69, 9.17) is 4.74 Å². The predicted octanol–water partition coefficient (Wildman–Crippen LogP) is 2.88. The summed E-state index contributed by atoms with van der Waals surface area (Å²) in [4.78, 5) is 26.8.